The van der Waals surface area contributed by atoms with Crippen molar-refractivity contribution in [3.63, 3.8) is 0 Å². The van der Waals surface area contributed by atoms with E-state index < -0.39 is 0 Å². The third-order valence-electron chi connectivity index (χ3n) is 3.48. The van der Waals surface area contributed by atoms with Crippen molar-refractivity contribution in [2.45, 2.75) is 13.5 Å². The van der Waals surface area contributed by atoms with Crippen LogP contribution in [0, 0.1) is 0 Å². The summed E-state index contributed by atoms with van der Waals surface area (Å²) in [6.07, 6.45) is 0. The van der Waals surface area contributed by atoms with Crippen molar-refractivity contribution < 1.29 is 19.0 Å². The first-order valence-corrected chi connectivity index (χ1v) is 7.85. The number of para-hydroxylation sites is 2. The number of likely N-dealkylation sites (N-methyl/N-ethyl adjacent to an activating group) is 1. The summed E-state index contributed by atoms with van der Waals surface area (Å²) in [6, 6.07) is 15.0. The number of nitrogens with zero attached hydrogens (tertiary/aromatic N) is 1. The van der Waals surface area contributed by atoms with Gasteiger partial charge in [0.1, 0.15) is 5.75 Å². The van der Waals surface area contributed by atoms with Gasteiger partial charge in [-0.1, -0.05) is 24.3 Å². The van der Waals surface area contributed by atoms with Crippen LogP contribution in [-0.4, -0.2) is 38.2 Å². The summed E-state index contributed by atoms with van der Waals surface area (Å²) in [5, 5.41) is 0. The molecule has 1 amide bonds. The monoisotopic (exact) mass is 329 g/mol. The minimum absolute atomic E-state index is 0.0371. The molecule has 0 aliphatic heterocycles. The van der Waals surface area contributed by atoms with Gasteiger partial charge in [-0.3, -0.25) is 4.79 Å². The summed E-state index contributed by atoms with van der Waals surface area (Å²) in [5.41, 5.74) is 1.000. The molecule has 128 valence electrons. The van der Waals surface area contributed by atoms with Crippen LogP contribution < -0.4 is 14.2 Å². The van der Waals surface area contributed by atoms with Gasteiger partial charge in [0, 0.05) is 13.6 Å². The molecule has 0 aliphatic carbocycles. The molecule has 0 N–H and O–H groups in total. The molecule has 5 nitrogen and oxygen atoms in total. The van der Waals surface area contributed by atoms with Gasteiger partial charge in [0.2, 0.25) is 0 Å². The Morgan fingerprint density at radius 2 is 1.75 bits per heavy atom. The summed E-state index contributed by atoms with van der Waals surface area (Å²) in [4.78, 5) is 13.9. The molecule has 0 aliphatic rings. The molecule has 0 atom stereocenters. The van der Waals surface area contributed by atoms with Gasteiger partial charge in [-0.25, -0.2) is 0 Å². The van der Waals surface area contributed by atoms with Crippen LogP contribution in [0.25, 0.3) is 0 Å². The Morgan fingerprint density at radius 1 is 1.04 bits per heavy atom. The summed E-state index contributed by atoms with van der Waals surface area (Å²) in [7, 11) is 3.37. The van der Waals surface area contributed by atoms with Gasteiger partial charge in [0.15, 0.2) is 18.1 Å². The maximum absolute atomic E-state index is 12.3. The molecule has 0 spiro atoms. The minimum Gasteiger partial charge on any atom is -0.497 e. The number of carbonyl (C=O) groups is 1. The lowest BCUT2D eigenvalue weighted by Crippen LogP contribution is -2.31. The lowest BCUT2D eigenvalue weighted by Gasteiger charge is -2.18. The Labute approximate surface area is 142 Å². The largest absolute Gasteiger partial charge is 0.497 e. The summed E-state index contributed by atoms with van der Waals surface area (Å²) in [5.74, 6) is 1.88. The normalized spacial score (nSPS) is 10.1. The van der Waals surface area contributed by atoms with Crippen molar-refractivity contribution in [1.29, 1.82) is 0 Å². The molecule has 0 fully saturated rings. The third-order valence-corrected chi connectivity index (χ3v) is 3.48. The van der Waals surface area contributed by atoms with Crippen LogP contribution >= 0.6 is 0 Å². The predicted molar refractivity (Wildman–Crippen MR) is 92.6 cm³/mol. The van der Waals surface area contributed by atoms with Crippen molar-refractivity contribution in [3.8, 4) is 17.2 Å². The molecule has 2 aromatic carbocycles. The first-order valence-electron chi connectivity index (χ1n) is 7.85. The maximum Gasteiger partial charge on any atom is 0.260 e. The second-order valence-corrected chi connectivity index (χ2v) is 5.27. The number of methoxy groups -OCH3 is 1. The van der Waals surface area contributed by atoms with Gasteiger partial charge in [-0.15, -0.1) is 0 Å². The zero-order valence-corrected chi connectivity index (χ0v) is 14.3. The fourth-order valence-electron chi connectivity index (χ4n) is 2.23. The SMILES string of the molecule is CCOc1ccccc1OCC(=O)N(C)Cc1cccc(OC)c1. The number of benzene rings is 2. The number of amides is 1. The van der Waals surface area contributed by atoms with Crippen LogP contribution in [0.15, 0.2) is 48.5 Å². The number of hydrogen-bond acceptors (Lipinski definition) is 4. The van der Waals surface area contributed by atoms with E-state index in [1.807, 2.05) is 49.4 Å². The van der Waals surface area contributed by atoms with Crippen LogP contribution in [0.2, 0.25) is 0 Å². The molecule has 5 heteroatoms. The van der Waals surface area contributed by atoms with Crippen molar-refractivity contribution in [2.75, 3.05) is 27.4 Å². The average Bonchev–Trinajstić information content (AvgIpc) is 2.61. The zero-order chi connectivity index (χ0) is 17.4. The Morgan fingerprint density at radius 3 is 2.42 bits per heavy atom. The fourth-order valence-corrected chi connectivity index (χ4v) is 2.23. The van der Waals surface area contributed by atoms with E-state index in [4.69, 9.17) is 14.2 Å². The first kappa shape index (κ1) is 17.7. The fraction of sp³-hybridized carbons (Fsp3) is 0.316. The molecule has 0 unspecified atom stereocenters. The van der Waals surface area contributed by atoms with E-state index in [2.05, 4.69) is 0 Å². The van der Waals surface area contributed by atoms with Crippen LogP contribution in [-0.2, 0) is 11.3 Å². The molecule has 0 saturated carbocycles. The minimum atomic E-state index is -0.107. The highest BCUT2D eigenvalue weighted by Gasteiger charge is 2.12. The van der Waals surface area contributed by atoms with Gasteiger partial charge in [-0.2, -0.15) is 0 Å². The van der Waals surface area contributed by atoms with E-state index in [-0.39, 0.29) is 12.5 Å². The Hall–Kier alpha value is -2.69. The molecule has 0 bridgehead atoms. The lowest BCUT2D eigenvalue weighted by molar-refractivity contribution is -0.132. The molecule has 0 saturated heterocycles. The quantitative estimate of drug-likeness (QED) is 0.746. The molecule has 24 heavy (non-hydrogen) atoms. The topological polar surface area (TPSA) is 48.0 Å². The smallest absolute Gasteiger partial charge is 0.260 e. The van der Waals surface area contributed by atoms with Crippen molar-refractivity contribution in [3.05, 3.63) is 54.1 Å². The molecular weight excluding hydrogens is 306 g/mol. The number of hydrogen-bond donors (Lipinski definition) is 0. The van der Waals surface area contributed by atoms with Crippen molar-refractivity contribution >= 4 is 5.91 Å². The maximum atomic E-state index is 12.3. The van der Waals surface area contributed by atoms with Crippen LogP contribution in [0.4, 0.5) is 0 Å². The van der Waals surface area contributed by atoms with Crippen LogP contribution in [0.1, 0.15) is 12.5 Å². The summed E-state index contributed by atoms with van der Waals surface area (Å²) >= 11 is 0. The standard InChI is InChI=1S/C19H23NO4/c1-4-23-17-10-5-6-11-18(17)24-14-19(21)20(2)13-15-8-7-9-16(12-15)22-3/h5-12H,4,13-14H2,1-3H3. The average molecular weight is 329 g/mol. The van der Waals surface area contributed by atoms with E-state index in [1.54, 1.807) is 25.1 Å². The molecule has 0 heterocycles. The summed E-state index contributed by atoms with van der Waals surface area (Å²) in [6.45, 7) is 2.91. The van der Waals surface area contributed by atoms with E-state index in [0.29, 0.717) is 24.7 Å². The lowest BCUT2D eigenvalue weighted by atomic mass is 10.2. The van der Waals surface area contributed by atoms with E-state index in [9.17, 15) is 4.79 Å². The molecule has 2 rings (SSSR count). The zero-order valence-electron chi connectivity index (χ0n) is 14.3. The molecule has 2 aromatic rings. The Balaban J connectivity index is 1.92. The van der Waals surface area contributed by atoms with Gasteiger partial charge in [0.05, 0.1) is 13.7 Å². The predicted octanol–water partition coefficient (Wildman–Crippen LogP) is 3.13. The van der Waals surface area contributed by atoms with Gasteiger partial charge >= 0.3 is 0 Å². The van der Waals surface area contributed by atoms with Gasteiger partial charge in [-0.05, 0) is 36.8 Å². The summed E-state index contributed by atoms with van der Waals surface area (Å²) < 4.78 is 16.3. The van der Waals surface area contributed by atoms with Gasteiger partial charge < -0.3 is 19.1 Å². The highest BCUT2D eigenvalue weighted by Crippen LogP contribution is 2.26. The highest BCUT2D eigenvalue weighted by atomic mass is 16.5. The van der Waals surface area contributed by atoms with Crippen LogP contribution in [0.5, 0.6) is 17.2 Å². The van der Waals surface area contributed by atoms with E-state index >= 15 is 0 Å². The van der Waals surface area contributed by atoms with Gasteiger partial charge in [0.25, 0.3) is 5.91 Å². The number of carbonyl (C=O) groups excluding carboxylic acids is 1. The second kappa shape index (κ2) is 8.82. The second-order valence-electron chi connectivity index (χ2n) is 5.27. The number of rotatable bonds is 8. The van der Waals surface area contributed by atoms with Crippen LogP contribution in [0.3, 0.4) is 0 Å². The van der Waals surface area contributed by atoms with Crippen molar-refractivity contribution in [1.82, 2.24) is 4.90 Å². The van der Waals surface area contributed by atoms with E-state index in [0.717, 1.165) is 11.3 Å². The molecule has 0 aromatic heterocycles. The Kier molecular flexibility index (Phi) is 6.49. The number of ether oxygens (including phenoxy) is 3. The third kappa shape index (κ3) is 4.91. The Bertz CT molecular complexity index is 672. The molecular formula is C19H23NO4. The highest BCUT2D eigenvalue weighted by molar-refractivity contribution is 5.77. The van der Waals surface area contributed by atoms with E-state index in [1.165, 1.54) is 0 Å². The molecule has 0 radical (unpaired) electrons. The van der Waals surface area contributed by atoms with Crippen molar-refractivity contribution in [2.24, 2.45) is 0 Å². The first-order chi connectivity index (χ1) is 11.6.